The van der Waals surface area contributed by atoms with Crippen molar-refractivity contribution in [3.8, 4) is 11.1 Å². The fraction of sp³-hybridized carbons (Fsp3) is 0.375. The summed E-state index contributed by atoms with van der Waals surface area (Å²) in [6, 6.07) is 8.95. The number of aryl methyl sites for hydroxylation is 2. The van der Waals surface area contributed by atoms with Crippen LogP contribution in [0.3, 0.4) is 0 Å². The lowest BCUT2D eigenvalue weighted by Crippen LogP contribution is -1.86. The van der Waals surface area contributed by atoms with Gasteiger partial charge in [-0.05, 0) is 60.1 Å². The van der Waals surface area contributed by atoms with E-state index in [1.54, 1.807) is 0 Å². The van der Waals surface area contributed by atoms with Crippen LogP contribution in [0, 0.1) is 20.8 Å². The second-order valence-electron chi connectivity index (χ2n) is 5.06. The molecular weight excluding hydrogens is 192 g/mol. The van der Waals surface area contributed by atoms with E-state index in [2.05, 4.69) is 58.9 Å². The predicted octanol–water partition coefficient (Wildman–Crippen LogP) is 4.84. The Labute approximate surface area is 98.7 Å². The second kappa shape index (κ2) is 3.93. The van der Waals surface area contributed by atoms with Crippen molar-refractivity contribution in [1.82, 2.24) is 0 Å². The minimum absolute atomic E-state index is 0.608. The number of rotatable bonds is 1. The van der Waals surface area contributed by atoms with Gasteiger partial charge in [0, 0.05) is 0 Å². The zero-order chi connectivity index (χ0) is 11.9. The molecule has 0 N–H and O–H groups in total. The normalized spacial score (nSPS) is 11.4. The summed E-state index contributed by atoms with van der Waals surface area (Å²) >= 11 is 0. The molecule has 0 heterocycles. The fourth-order valence-corrected chi connectivity index (χ4v) is 2.61. The first-order valence-corrected chi connectivity index (χ1v) is 6.01. The van der Waals surface area contributed by atoms with Gasteiger partial charge in [-0.2, -0.15) is 0 Å². The maximum absolute atomic E-state index is 2.37. The Kier molecular flexibility index (Phi) is 2.75. The van der Waals surface area contributed by atoms with Crippen molar-refractivity contribution in [3.05, 3.63) is 46.5 Å². The number of hydrogen-bond donors (Lipinski definition) is 0. The van der Waals surface area contributed by atoms with E-state index in [1.165, 1.54) is 33.4 Å². The van der Waals surface area contributed by atoms with Gasteiger partial charge in [0.2, 0.25) is 0 Å². The molecule has 0 amide bonds. The van der Waals surface area contributed by atoms with Crippen molar-refractivity contribution < 1.29 is 0 Å². The third-order valence-corrected chi connectivity index (χ3v) is 3.51. The van der Waals surface area contributed by atoms with Gasteiger partial charge < -0.3 is 0 Å². The molecule has 0 aliphatic heterocycles. The lowest BCUT2D eigenvalue weighted by molar-refractivity contribution is 0.863. The van der Waals surface area contributed by atoms with E-state index in [9.17, 15) is 0 Å². The molecule has 16 heavy (non-hydrogen) atoms. The van der Waals surface area contributed by atoms with E-state index in [0.29, 0.717) is 5.92 Å². The minimum atomic E-state index is 0.608. The van der Waals surface area contributed by atoms with Crippen LogP contribution in [0.5, 0.6) is 0 Å². The van der Waals surface area contributed by atoms with Gasteiger partial charge in [-0.3, -0.25) is 0 Å². The first kappa shape index (κ1) is 11.2. The molecule has 0 aromatic carbocycles. The molecule has 0 spiro atoms. The molecule has 0 saturated heterocycles. The summed E-state index contributed by atoms with van der Waals surface area (Å²) < 4.78 is 0. The van der Waals surface area contributed by atoms with Crippen LogP contribution in [-0.2, 0) is 0 Å². The molecule has 0 fully saturated rings. The van der Waals surface area contributed by atoms with Crippen molar-refractivity contribution in [2.45, 2.75) is 40.5 Å². The molecule has 0 unspecified atom stereocenters. The summed E-state index contributed by atoms with van der Waals surface area (Å²) in [6.45, 7) is 11.2. The summed E-state index contributed by atoms with van der Waals surface area (Å²) in [5.74, 6) is 0.608. The van der Waals surface area contributed by atoms with Crippen LogP contribution in [0.15, 0.2) is 24.3 Å². The Hall–Kier alpha value is -1.30. The smallest absolute Gasteiger partial charge is 0.0120 e. The highest BCUT2D eigenvalue weighted by molar-refractivity contribution is 5.78. The minimum Gasteiger partial charge on any atom is -0.0617 e. The first-order valence-electron chi connectivity index (χ1n) is 6.01. The second-order valence-corrected chi connectivity index (χ2v) is 5.06. The largest absolute Gasteiger partial charge is 0.0617 e. The first-order chi connectivity index (χ1) is 7.52. The molecule has 0 radical (unpaired) electrons. The van der Waals surface area contributed by atoms with Gasteiger partial charge in [0.25, 0.3) is 0 Å². The van der Waals surface area contributed by atoms with Crippen molar-refractivity contribution in [1.29, 1.82) is 0 Å². The third kappa shape index (κ3) is 1.63. The maximum Gasteiger partial charge on any atom is -0.0120 e. The van der Waals surface area contributed by atoms with Crippen LogP contribution in [0.4, 0.5) is 0 Å². The molecule has 0 saturated carbocycles. The van der Waals surface area contributed by atoms with Crippen molar-refractivity contribution in [3.63, 3.8) is 0 Å². The topological polar surface area (TPSA) is 0 Å². The summed E-state index contributed by atoms with van der Waals surface area (Å²) in [5.41, 5.74) is 8.58. The molecule has 0 bridgehead atoms. The highest BCUT2D eigenvalue weighted by atomic mass is 14.2. The van der Waals surface area contributed by atoms with Crippen LogP contribution in [0.25, 0.3) is 11.1 Å². The van der Waals surface area contributed by atoms with Gasteiger partial charge in [-0.25, -0.2) is 0 Å². The summed E-state index contributed by atoms with van der Waals surface area (Å²) in [7, 11) is 0. The third-order valence-electron chi connectivity index (χ3n) is 3.51. The van der Waals surface area contributed by atoms with Crippen molar-refractivity contribution in [2.24, 2.45) is 0 Å². The van der Waals surface area contributed by atoms with E-state index < -0.39 is 0 Å². The van der Waals surface area contributed by atoms with Crippen molar-refractivity contribution >= 4 is 0 Å². The van der Waals surface area contributed by atoms with E-state index in [4.69, 9.17) is 0 Å². The average Bonchev–Trinajstić information content (AvgIpc) is 2.48. The fourth-order valence-electron chi connectivity index (χ4n) is 2.61. The van der Waals surface area contributed by atoms with E-state index >= 15 is 0 Å². The predicted molar refractivity (Wildman–Crippen MR) is 71.4 cm³/mol. The van der Waals surface area contributed by atoms with Gasteiger partial charge in [0.1, 0.15) is 0 Å². The lowest BCUT2D eigenvalue weighted by Gasteiger charge is -2.05. The van der Waals surface area contributed by atoms with E-state index in [1.807, 2.05) is 0 Å². The van der Waals surface area contributed by atoms with Gasteiger partial charge in [0.15, 0.2) is 0 Å². The molecule has 0 aromatic rings. The quantitative estimate of drug-likeness (QED) is 0.634. The maximum atomic E-state index is 2.37. The van der Waals surface area contributed by atoms with Gasteiger partial charge in [0.05, 0.1) is 0 Å². The Morgan fingerprint density at radius 1 is 0.938 bits per heavy atom. The summed E-state index contributed by atoms with van der Waals surface area (Å²) in [5, 5.41) is 0. The lowest BCUT2D eigenvalue weighted by atomic mass is 10.00. The summed E-state index contributed by atoms with van der Waals surface area (Å²) in [6.07, 6.45) is 0. The van der Waals surface area contributed by atoms with E-state index in [-0.39, 0.29) is 0 Å². The Morgan fingerprint density at radius 2 is 1.56 bits per heavy atom. The SMILES string of the molecule is Cc1cccc(C)c2c(C)c(C(C)C)cc1-2. The standard InChI is InChI=1S/C16H20/c1-10(2)14-9-15-11(3)7-6-8-12(4)16(15)13(14)5/h6-10H,1-5H3. The number of fused-ring (bicyclic) bond motifs is 1. The Balaban J connectivity index is 2.83. The molecular formula is C16H20. The molecule has 84 valence electrons. The van der Waals surface area contributed by atoms with Crippen molar-refractivity contribution in [2.75, 3.05) is 0 Å². The summed E-state index contributed by atoms with van der Waals surface area (Å²) in [4.78, 5) is 0. The van der Waals surface area contributed by atoms with Crippen LogP contribution in [0.2, 0.25) is 0 Å². The van der Waals surface area contributed by atoms with Gasteiger partial charge in [-0.1, -0.05) is 38.1 Å². The van der Waals surface area contributed by atoms with Gasteiger partial charge >= 0.3 is 0 Å². The molecule has 0 aromatic heterocycles. The highest BCUT2D eigenvalue weighted by Gasteiger charge is 2.17. The number of hydrogen-bond acceptors (Lipinski definition) is 0. The highest BCUT2D eigenvalue weighted by Crippen LogP contribution is 2.38. The van der Waals surface area contributed by atoms with Gasteiger partial charge in [-0.15, -0.1) is 0 Å². The molecule has 0 atom stereocenters. The Bertz CT molecular complexity index is 492. The van der Waals surface area contributed by atoms with E-state index in [0.717, 1.165) is 0 Å². The van der Waals surface area contributed by atoms with Crippen LogP contribution in [-0.4, -0.2) is 0 Å². The molecule has 0 nitrogen and oxygen atoms in total. The average molecular weight is 212 g/mol. The molecule has 0 heteroatoms. The molecule has 2 aliphatic carbocycles. The zero-order valence-corrected chi connectivity index (χ0v) is 10.9. The van der Waals surface area contributed by atoms with Crippen LogP contribution < -0.4 is 0 Å². The van der Waals surface area contributed by atoms with Crippen LogP contribution in [0.1, 0.15) is 42.0 Å². The monoisotopic (exact) mass is 212 g/mol. The molecule has 2 rings (SSSR count). The Morgan fingerprint density at radius 3 is 2.19 bits per heavy atom. The molecule has 2 aliphatic rings. The zero-order valence-electron chi connectivity index (χ0n) is 10.9. The van der Waals surface area contributed by atoms with Crippen LogP contribution >= 0.6 is 0 Å².